The third kappa shape index (κ3) is 4.24. The predicted molar refractivity (Wildman–Crippen MR) is 162 cm³/mol. The molecule has 0 bridgehead atoms. The number of hydrazine groups is 1. The summed E-state index contributed by atoms with van der Waals surface area (Å²) in [5, 5.41) is 12.6. The van der Waals surface area contributed by atoms with Crippen molar-refractivity contribution in [1.82, 2.24) is 10.4 Å². The van der Waals surface area contributed by atoms with Crippen molar-refractivity contribution in [3.05, 3.63) is 0 Å². The van der Waals surface area contributed by atoms with Gasteiger partial charge in [0.1, 0.15) is 6.10 Å². The van der Waals surface area contributed by atoms with Crippen LogP contribution >= 0.6 is 0 Å². The van der Waals surface area contributed by atoms with Crippen molar-refractivity contribution in [1.29, 1.82) is 0 Å². The fraction of sp³-hybridized carbons (Fsp3) is 0.943. The summed E-state index contributed by atoms with van der Waals surface area (Å²) in [4.78, 5) is 25.9. The van der Waals surface area contributed by atoms with E-state index in [0.717, 1.165) is 44.9 Å². The first-order valence-electron chi connectivity index (χ1n) is 17.2. The van der Waals surface area contributed by atoms with Gasteiger partial charge in [-0.15, -0.1) is 0 Å². The molecule has 10 atom stereocenters. The molecule has 5 aliphatic carbocycles. The lowest BCUT2D eigenvalue weighted by molar-refractivity contribution is -0.249. The Hall–Kier alpha value is -1.34. The minimum absolute atomic E-state index is 0.0935. The van der Waals surface area contributed by atoms with Gasteiger partial charge in [0, 0.05) is 18.5 Å². The van der Waals surface area contributed by atoms with Crippen LogP contribution in [0, 0.1) is 62.6 Å². The van der Waals surface area contributed by atoms with Crippen LogP contribution in [0.1, 0.15) is 113 Å². The summed E-state index contributed by atoms with van der Waals surface area (Å²) in [6.07, 6.45) is 10.2. The summed E-state index contributed by atoms with van der Waals surface area (Å²) in [6.45, 7) is 19.8. The number of hydrogen-bond acceptors (Lipinski definition) is 5. The van der Waals surface area contributed by atoms with Crippen molar-refractivity contribution in [2.75, 3.05) is 26.3 Å². The Labute approximate surface area is 254 Å². The highest BCUT2D eigenvalue weighted by atomic mass is 16.6. The van der Waals surface area contributed by atoms with E-state index in [1.54, 1.807) is 0 Å². The molecule has 2 N–H and O–H groups in total. The van der Waals surface area contributed by atoms with Gasteiger partial charge in [-0.1, -0.05) is 48.5 Å². The number of carbonyl (C=O) groups excluding carboxylic acids is 1. The maximum absolute atomic E-state index is 13.0. The third-order valence-electron chi connectivity index (χ3n) is 15.2. The first-order valence-corrected chi connectivity index (χ1v) is 17.2. The molecule has 0 aromatic carbocycles. The number of nitrogens with zero attached hydrogens (tertiary/aromatic N) is 1. The third-order valence-corrected chi connectivity index (χ3v) is 15.2. The van der Waals surface area contributed by atoms with E-state index in [2.05, 4.69) is 53.9 Å². The van der Waals surface area contributed by atoms with E-state index in [9.17, 15) is 14.7 Å². The number of fused-ring (bicyclic) bond motifs is 7. The first-order chi connectivity index (χ1) is 19.7. The maximum atomic E-state index is 13.0. The number of ether oxygens (including phenoxy) is 2. The van der Waals surface area contributed by atoms with Gasteiger partial charge in [-0.25, -0.2) is 9.80 Å². The van der Waals surface area contributed by atoms with Gasteiger partial charge in [0.05, 0.1) is 18.6 Å². The largest absolute Gasteiger partial charge is 0.481 e. The quantitative estimate of drug-likeness (QED) is 0.364. The molecular weight excluding hydrogens is 528 g/mol. The first kappa shape index (κ1) is 30.7. The van der Waals surface area contributed by atoms with E-state index >= 15 is 0 Å². The van der Waals surface area contributed by atoms with Crippen LogP contribution in [-0.4, -0.2) is 54.6 Å². The fourth-order valence-corrected chi connectivity index (χ4v) is 12.9. The Kier molecular flexibility index (Phi) is 7.56. The molecular formula is C35H58N2O5. The summed E-state index contributed by atoms with van der Waals surface area (Å²) >= 11 is 0. The van der Waals surface area contributed by atoms with E-state index in [-0.39, 0.29) is 33.9 Å². The minimum Gasteiger partial charge on any atom is -0.481 e. The molecule has 6 fully saturated rings. The maximum Gasteiger partial charge on any atom is 0.422 e. The lowest BCUT2D eigenvalue weighted by Gasteiger charge is -2.72. The zero-order valence-corrected chi connectivity index (χ0v) is 27.5. The normalized spacial score (nSPS) is 48.4. The minimum atomic E-state index is -0.515. The zero-order valence-electron chi connectivity index (χ0n) is 27.5. The molecule has 7 heteroatoms. The van der Waals surface area contributed by atoms with Gasteiger partial charge in [-0.2, -0.15) is 0 Å². The van der Waals surface area contributed by atoms with Crippen LogP contribution in [0.2, 0.25) is 0 Å². The van der Waals surface area contributed by atoms with Crippen LogP contribution in [0.3, 0.4) is 0 Å². The number of morpholine rings is 1. The van der Waals surface area contributed by atoms with Crippen LogP contribution in [0.4, 0.5) is 4.79 Å². The standard InChI is InChI=1S/C35H58N2O5/c1-22(2)23-10-15-35(29(38)39)17-16-33(6)24(28(23)35)8-9-26-32(5)13-12-27(31(3,4)25(32)11-14-34(26,33)7)42-30(40)36-37-18-20-41-21-19-37/h22-28H,8-21H2,1-7H3,(H,36,40)(H,38,39)/t23?,24?,25?,26?,27-,28?,32+,33-,34-,35+/m1/s1. The van der Waals surface area contributed by atoms with Gasteiger partial charge < -0.3 is 14.6 Å². The summed E-state index contributed by atoms with van der Waals surface area (Å²) in [5.74, 6) is 2.46. The van der Waals surface area contributed by atoms with Crippen molar-refractivity contribution in [2.45, 2.75) is 119 Å². The lowest BCUT2D eigenvalue weighted by Crippen LogP contribution is -2.67. The van der Waals surface area contributed by atoms with E-state index in [4.69, 9.17) is 9.47 Å². The van der Waals surface area contributed by atoms with Crippen LogP contribution in [-0.2, 0) is 14.3 Å². The Balaban J connectivity index is 1.24. The molecule has 238 valence electrons. The molecule has 7 nitrogen and oxygen atoms in total. The number of carboxylic acid groups (broad SMARTS) is 1. The highest BCUT2D eigenvalue weighted by molar-refractivity contribution is 5.76. The van der Waals surface area contributed by atoms with Gasteiger partial charge in [0.2, 0.25) is 0 Å². The average Bonchev–Trinajstić information content (AvgIpc) is 3.33. The summed E-state index contributed by atoms with van der Waals surface area (Å²) in [7, 11) is 0. The zero-order chi connectivity index (χ0) is 30.3. The van der Waals surface area contributed by atoms with Crippen LogP contribution in [0.5, 0.6) is 0 Å². The Bertz CT molecular complexity index is 1070. The lowest BCUT2D eigenvalue weighted by atomic mass is 9.32. The molecule has 42 heavy (non-hydrogen) atoms. The van der Waals surface area contributed by atoms with E-state index < -0.39 is 11.4 Å². The number of nitrogens with one attached hydrogen (secondary N) is 1. The number of carbonyl (C=O) groups is 2. The summed E-state index contributed by atoms with van der Waals surface area (Å²) in [5.41, 5.74) is 2.91. The number of aliphatic carboxylic acids is 1. The van der Waals surface area contributed by atoms with E-state index in [0.29, 0.717) is 61.8 Å². The topological polar surface area (TPSA) is 88.1 Å². The predicted octanol–water partition coefficient (Wildman–Crippen LogP) is 7.15. The molecule has 5 saturated carbocycles. The van der Waals surface area contributed by atoms with Gasteiger partial charge in [-0.3, -0.25) is 10.2 Å². The van der Waals surface area contributed by atoms with E-state index in [1.165, 1.54) is 19.3 Å². The molecule has 5 unspecified atom stereocenters. The molecule has 1 amide bonds. The summed E-state index contributed by atoms with van der Waals surface area (Å²) < 4.78 is 11.6. The molecule has 0 spiro atoms. The number of hydrogen-bond donors (Lipinski definition) is 2. The van der Waals surface area contributed by atoms with Crippen molar-refractivity contribution in [3.63, 3.8) is 0 Å². The molecule has 0 aromatic rings. The van der Waals surface area contributed by atoms with Crippen molar-refractivity contribution in [3.8, 4) is 0 Å². The smallest absolute Gasteiger partial charge is 0.422 e. The molecule has 6 rings (SSSR count). The highest BCUT2D eigenvalue weighted by Gasteiger charge is 2.72. The van der Waals surface area contributed by atoms with Gasteiger partial charge in [0.25, 0.3) is 0 Å². The van der Waals surface area contributed by atoms with Crippen LogP contribution < -0.4 is 5.43 Å². The molecule has 0 radical (unpaired) electrons. The van der Waals surface area contributed by atoms with Crippen molar-refractivity contribution >= 4 is 12.1 Å². The number of rotatable bonds is 4. The Morgan fingerprint density at radius 2 is 1.57 bits per heavy atom. The van der Waals surface area contributed by atoms with Crippen LogP contribution in [0.15, 0.2) is 0 Å². The van der Waals surface area contributed by atoms with Crippen molar-refractivity contribution < 1.29 is 24.2 Å². The SMILES string of the molecule is CC(C)C1CC[C@]2(C(=O)O)CC[C@]3(C)C(CCC4[C@@]5(C)CC[C@@H](OC(=O)NN6CCOCC6)C(C)(C)C5CC[C@]43C)C12. The number of carboxylic acids is 1. The number of amides is 1. The van der Waals surface area contributed by atoms with Crippen molar-refractivity contribution in [2.24, 2.45) is 62.6 Å². The van der Waals surface area contributed by atoms with Gasteiger partial charge in [-0.05, 0) is 116 Å². The monoisotopic (exact) mass is 586 g/mol. The molecule has 1 saturated heterocycles. The second-order valence-electron chi connectivity index (χ2n) is 17.1. The fourth-order valence-electron chi connectivity index (χ4n) is 12.9. The molecule has 1 aliphatic heterocycles. The molecule has 1 heterocycles. The molecule has 0 aromatic heterocycles. The summed E-state index contributed by atoms with van der Waals surface area (Å²) in [6, 6.07) is 0. The second kappa shape index (κ2) is 10.4. The Morgan fingerprint density at radius 1 is 0.857 bits per heavy atom. The van der Waals surface area contributed by atoms with Gasteiger partial charge >= 0.3 is 12.1 Å². The highest BCUT2D eigenvalue weighted by Crippen LogP contribution is 2.77. The average molecular weight is 587 g/mol. The van der Waals surface area contributed by atoms with Gasteiger partial charge in [0.15, 0.2) is 0 Å². The second-order valence-corrected chi connectivity index (χ2v) is 17.1. The Morgan fingerprint density at radius 3 is 2.24 bits per heavy atom. The van der Waals surface area contributed by atoms with Crippen LogP contribution in [0.25, 0.3) is 0 Å². The molecule has 6 aliphatic rings. The van der Waals surface area contributed by atoms with E-state index in [1.807, 2.05) is 5.01 Å².